The quantitative estimate of drug-likeness (QED) is 0.716. The van der Waals surface area contributed by atoms with Gasteiger partial charge in [0.2, 0.25) is 10.0 Å². The molecule has 0 fully saturated rings. The van der Waals surface area contributed by atoms with Crippen molar-refractivity contribution in [3.05, 3.63) is 29.8 Å². The molecule has 0 aliphatic heterocycles. The van der Waals surface area contributed by atoms with Crippen molar-refractivity contribution in [1.29, 1.82) is 0 Å². The van der Waals surface area contributed by atoms with Crippen LogP contribution < -0.4 is 4.72 Å². The number of nitrogens with one attached hydrogen (secondary N) is 1. The van der Waals surface area contributed by atoms with E-state index in [1.54, 1.807) is 19.1 Å². The number of carbonyl (C=O) groups excluding carboxylic acids is 1. The number of rotatable bonds is 8. The van der Waals surface area contributed by atoms with Crippen molar-refractivity contribution in [2.24, 2.45) is 0 Å². The summed E-state index contributed by atoms with van der Waals surface area (Å²) in [5, 5.41) is 9.39. The first kappa shape index (κ1) is 16.8. The molecule has 0 radical (unpaired) electrons. The third-order valence-electron chi connectivity index (χ3n) is 3.03. The lowest BCUT2D eigenvalue weighted by Crippen LogP contribution is -2.27. The van der Waals surface area contributed by atoms with Crippen LogP contribution in [0.3, 0.4) is 0 Å². The lowest BCUT2D eigenvalue weighted by molar-refractivity contribution is 0.0988. The van der Waals surface area contributed by atoms with Gasteiger partial charge in [0.05, 0.1) is 11.0 Å². The van der Waals surface area contributed by atoms with Gasteiger partial charge < -0.3 is 5.11 Å². The van der Waals surface area contributed by atoms with Gasteiger partial charge in [-0.3, -0.25) is 4.79 Å². The van der Waals surface area contributed by atoms with Crippen LogP contribution in [0.5, 0.6) is 0 Å². The van der Waals surface area contributed by atoms with Crippen molar-refractivity contribution in [2.75, 3.05) is 6.54 Å². The van der Waals surface area contributed by atoms with E-state index in [0.29, 0.717) is 24.8 Å². The molecule has 0 heterocycles. The molecule has 0 amide bonds. The Morgan fingerprint density at radius 3 is 2.65 bits per heavy atom. The van der Waals surface area contributed by atoms with Gasteiger partial charge in [-0.15, -0.1) is 0 Å². The molecular weight excluding hydrogens is 278 g/mol. The molecule has 112 valence electrons. The third kappa shape index (κ3) is 4.70. The second kappa shape index (κ2) is 7.52. The predicted octanol–water partition coefficient (Wildman–Crippen LogP) is 1.72. The first-order chi connectivity index (χ1) is 9.40. The number of aliphatic hydroxyl groups is 1. The standard InChI is InChI=1S/C14H21NO4S/c1-3-12(16)8-9-15-20(18,19)13-7-5-6-11(10-13)14(17)4-2/h5-7,10,12,15-16H,3-4,8-9H2,1-2H3. The molecule has 2 N–H and O–H groups in total. The maximum absolute atomic E-state index is 12.1. The van der Waals surface area contributed by atoms with Crippen molar-refractivity contribution in [1.82, 2.24) is 4.72 Å². The average Bonchev–Trinajstić information content (AvgIpc) is 2.46. The molecule has 0 saturated carbocycles. The number of benzene rings is 1. The van der Waals surface area contributed by atoms with Gasteiger partial charge in [0.15, 0.2) is 5.78 Å². The third-order valence-corrected chi connectivity index (χ3v) is 4.49. The molecule has 0 aliphatic carbocycles. The molecule has 0 bridgehead atoms. The van der Waals surface area contributed by atoms with Crippen molar-refractivity contribution >= 4 is 15.8 Å². The number of hydrogen-bond acceptors (Lipinski definition) is 4. The summed E-state index contributed by atoms with van der Waals surface area (Å²) in [6, 6.07) is 5.99. The summed E-state index contributed by atoms with van der Waals surface area (Å²) in [6.07, 6.45) is 0.774. The Balaban J connectivity index is 2.79. The van der Waals surface area contributed by atoms with Crippen LogP contribution in [-0.4, -0.2) is 32.0 Å². The van der Waals surface area contributed by atoms with Crippen LogP contribution in [0.1, 0.15) is 43.5 Å². The van der Waals surface area contributed by atoms with E-state index in [1.807, 2.05) is 6.92 Å². The van der Waals surface area contributed by atoms with Crippen molar-refractivity contribution in [3.8, 4) is 0 Å². The number of hydrogen-bond donors (Lipinski definition) is 2. The second-order valence-electron chi connectivity index (χ2n) is 4.55. The van der Waals surface area contributed by atoms with Gasteiger partial charge in [-0.1, -0.05) is 26.0 Å². The van der Waals surface area contributed by atoms with Crippen molar-refractivity contribution in [3.63, 3.8) is 0 Å². The first-order valence-electron chi connectivity index (χ1n) is 6.71. The van der Waals surface area contributed by atoms with Crippen LogP contribution in [-0.2, 0) is 10.0 Å². The predicted molar refractivity (Wildman–Crippen MR) is 77.2 cm³/mol. The lowest BCUT2D eigenvalue weighted by Gasteiger charge is -2.10. The highest BCUT2D eigenvalue weighted by Gasteiger charge is 2.15. The fraction of sp³-hybridized carbons (Fsp3) is 0.500. The second-order valence-corrected chi connectivity index (χ2v) is 6.32. The van der Waals surface area contributed by atoms with Crippen LogP contribution >= 0.6 is 0 Å². The summed E-state index contributed by atoms with van der Waals surface area (Å²) in [6.45, 7) is 3.73. The highest BCUT2D eigenvalue weighted by molar-refractivity contribution is 7.89. The van der Waals surface area contributed by atoms with Crippen LogP contribution in [0, 0.1) is 0 Å². The average molecular weight is 299 g/mol. The van der Waals surface area contributed by atoms with E-state index in [4.69, 9.17) is 0 Å². The topological polar surface area (TPSA) is 83.5 Å². The number of carbonyl (C=O) groups is 1. The summed E-state index contributed by atoms with van der Waals surface area (Å²) in [4.78, 5) is 11.7. The molecule has 20 heavy (non-hydrogen) atoms. The normalized spacial score (nSPS) is 13.2. The first-order valence-corrected chi connectivity index (χ1v) is 8.20. The summed E-state index contributed by atoms with van der Waals surface area (Å²) in [5.41, 5.74) is 0.393. The van der Waals surface area contributed by atoms with E-state index in [-0.39, 0.29) is 17.2 Å². The number of aliphatic hydroxyl groups excluding tert-OH is 1. The Hall–Kier alpha value is -1.24. The minimum absolute atomic E-state index is 0.0720. The highest BCUT2D eigenvalue weighted by atomic mass is 32.2. The molecule has 1 unspecified atom stereocenters. The fourth-order valence-electron chi connectivity index (χ4n) is 1.69. The largest absolute Gasteiger partial charge is 0.393 e. The molecule has 0 aromatic heterocycles. The molecule has 0 aliphatic rings. The Bertz CT molecular complexity index is 554. The molecular formula is C14H21NO4S. The van der Waals surface area contributed by atoms with Gasteiger partial charge in [-0.05, 0) is 25.0 Å². The van der Waals surface area contributed by atoms with E-state index >= 15 is 0 Å². The Kier molecular flexibility index (Phi) is 6.32. The molecule has 6 heteroatoms. The maximum Gasteiger partial charge on any atom is 0.240 e. The van der Waals surface area contributed by atoms with Crippen LogP contribution in [0.4, 0.5) is 0 Å². The fourth-order valence-corrected chi connectivity index (χ4v) is 2.78. The molecule has 1 aromatic carbocycles. The SMILES string of the molecule is CCC(=O)c1cccc(S(=O)(=O)NCCC(O)CC)c1. The van der Waals surface area contributed by atoms with Crippen LogP contribution in [0.2, 0.25) is 0 Å². The molecule has 5 nitrogen and oxygen atoms in total. The zero-order valence-electron chi connectivity index (χ0n) is 11.8. The molecule has 1 aromatic rings. The Morgan fingerprint density at radius 2 is 2.05 bits per heavy atom. The van der Waals surface area contributed by atoms with E-state index in [1.165, 1.54) is 12.1 Å². The summed E-state index contributed by atoms with van der Waals surface area (Å²) in [7, 11) is -3.64. The van der Waals surface area contributed by atoms with Gasteiger partial charge in [-0.2, -0.15) is 0 Å². The number of Topliss-reactive ketones (excluding diaryl/α,β-unsaturated/α-hetero) is 1. The van der Waals surface area contributed by atoms with E-state index < -0.39 is 16.1 Å². The van der Waals surface area contributed by atoms with Gasteiger partial charge in [0, 0.05) is 18.5 Å². The van der Waals surface area contributed by atoms with Gasteiger partial charge in [-0.25, -0.2) is 13.1 Å². The van der Waals surface area contributed by atoms with Gasteiger partial charge in [0.25, 0.3) is 0 Å². The molecule has 0 saturated heterocycles. The Morgan fingerprint density at radius 1 is 1.35 bits per heavy atom. The van der Waals surface area contributed by atoms with Gasteiger partial charge >= 0.3 is 0 Å². The summed E-state index contributed by atoms with van der Waals surface area (Å²) < 4.78 is 26.5. The monoisotopic (exact) mass is 299 g/mol. The maximum atomic E-state index is 12.1. The highest BCUT2D eigenvalue weighted by Crippen LogP contribution is 2.13. The molecule has 1 rings (SSSR count). The smallest absolute Gasteiger partial charge is 0.240 e. The van der Waals surface area contributed by atoms with Crippen LogP contribution in [0.25, 0.3) is 0 Å². The number of ketones is 1. The zero-order chi connectivity index (χ0) is 15.2. The van der Waals surface area contributed by atoms with E-state index in [9.17, 15) is 18.3 Å². The van der Waals surface area contributed by atoms with Crippen molar-refractivity contribution < 1.29 is 18.3 Å². The summed E-state index contributed by atoms with van der Waals surface area (Å²) in [5.74, 6) is -0.0940. The zero-order valence-corrected chi connectivity index (χ0v) is 12.6. The van der Waals surface area contributed by atoms with E-state index in [2.05, 4.69) is 4.72 Å². The molecule has 0 spiro atoms. The van der Waals surface area contributed by atoms with Crippen molar-refractivity contribution in [2.45, 2.75) is 44.1 Å². The minimum Gasteiger partial charge on any atom is -0.393 e. The van der Waals surface area contributed by atoms with Gasteiger partial charge in [0.1, 0.15) is 0 Å². The molecule has 1 atom stereocenters. The summed E-state index contributed by atoms with van der Waals surface area (Å²) >= 11 is 0. The Labute approximate surface area is 120 Å². The van der Waals surface area contributed by atoms with Crippen LogP contribution in [0.15, 0.2) is 29.2 Å². The minimum atomic E-state index is -3.64. The number of sulfonamides is 1. The lowest BCUT2D eigenvalue weighted by atomic mass is 10.1. The van der Waals surface area contributed by atoms with E-state index in [0.717, 1.165) is 0 Å².